The summed E-state index contributed by atoms with van der Waals surface area (Å²) in [6.07, 6.45) is -1.14. The third kappa shape index (κ3) is 4.95. The lowest BCUT2D eigenvalue weighted by molar-refractivity contribution is 0.0913. The highest BCUT2D eigenvalue weighted by Crippen LogP contribution is 2.28. The third-order valence-electron chi connectivity index (χ3n) is 5.65. The molecule has 2 saturated heterocycles. The first kappa shape index (κ1) is 22.7. The van der Waals surface area contributed by atoms with Crippen LogP contribution in [0, 0.1) is 5.82 Å². The first-order valence-corrected chi connectivity index (χ1v) is 11.1. The molecule has 4 rings (SSSR count). The van der Waals surface area contributed by atoms with Crippen LogP contribution in [0.25, 0.3) is 0 Å². The fraction of sp³-hybridized carbons (Fsp3) is 0.364. The summed E-state index contributed by atoms with van der Waals surface area (Å²) in [5.41, 5.74) is 1.29. The Kier molecular flexibility index (Phi) is 6.78. The summed E-state index contributed by atoms with van der Waals surface area (Å²) < 4.78 is 20.2. The molecule has 2 fully saturated rings. The Hall–Kier alpha value is -2.49. The monoisotopic (exact) mass is 478 g/mol. The van der Waals surface area contributed by atoms with Gasteiger partial charge in [0.2, 0.25) is 0 Å². The summed E-state index contributed by atoms with van der Waals surface area (Å²) in [5.74, 6) is -0.742. The molecular weight excluding hydrogens is 455 g/mol. The third-order valence-corrected chi connectivity index (χ3v) is 6.28. The smallest absolute Gasteiger partial charge is 0.414 e. The van der Waals surface area contributed by atoms with Gasteiger partial charge < -0.3 is 19.9 Å². The van der Waals surface area contributed by atoms with E-state index in [2.05, 4.69) is 22.8 Å². The minimum atomic E-state index is -0.575. The van der Waals surface area contributed by atoms with Gasteiger partial charge in [0, 0.05) is 36.1 Å². The first-order valence-electron chi connectivity index (χ1n) is 10.3. The van der Waals surface area contributed by atoms with Crippen molar-refractivity contribution in [1.82, 2.24) is 10.2 Å². The number of nitrogens with one attached hydrogen (secondary N) is 1. The summed E-state index contributed by atoms with van der Waals surface area (Å²) in [5, 5.41) is 3.16. The highest BCUT2D eigenvalue weighted by atomic mass is 35.5. The van der Waals surface area contributed by atoms with E-state index in [4.69, 9.17) is 16.3 Å². The molecule has 0 bridgehead atoms. The Morgan fingerprint density at radius 2 is 1.97 bits per heavy atom. The molecule has 2 heterocycles. The van der Waals surface area contributed by atoms with Gasteiger partial charge in [-0.2, -0.15) is 0 Å². The zero-order valence-corrected chi connectivity index (χ0v) is 19.2. The number of ether oxygens (including phenoxy) is 1. The van der Waals surface area contributed by atoms with E-state index in [1.54, 1.807) is 24.3 Å². The minimum absolute atomic E-state index is 0.114. The van der Waals surface area contributed by atoms with Crippen LogP contribution in [-0.4, -0.2) is 69.3 Å². The van der Waals surface area contributed by atoms with E-state index < -0.39 is 12.2 Å². The highest BCUT2D eigenvalue weighted by Gasteiger charge is 2.33. The number of piperazine rings is 1. The number of cyclic esters (lactones) is 1. The summed E-state index contributed by atoms with van der Waals surface area (Å²) in [6.45, 7) is 3.56. The Bertz CT molecular complexity index is 1030. The van der Waals surface area contributed by atoms with Crippen molar-refractivity contribution in [3.63, 3.8) is 0 Å². The van der Waals surface area contributed by atoms with E-state index in [9.17, 15) is 14.0 Å². The topological polar surface area (TPSA) is 65.1 Å². The molecule has 2 aromatic carbocycles. The van der Waals surface area contributed by atoms with Crippen LogP contribution >= 0.6 is 24.2 Å². The minimum Gasteiger partial charge on any atom is -0.442 e. The average Bonchev–Trinajstić information content (AvgIpc) is 3.15. The molecule has 0 aromatic heterocycles. The van der Waals surface area contributed by atoms with Crippen LogP contribution in [0.3, 0.4) is 0 Å². The molecule has 0 radical (unpaired) electrons. The zero-order valence-electron chi connectivity index (χ0n) is 17.6. The molecule has 1 atom stereocenters. The number of carbonyl (C=O) groups is 2. The van der Waals surface area contributed by atoms with Gasteiger partial charge in [0.15, 0.2) is 0 Å². The summed E-state index contributed by atoms with van der Waals surface area (Å²) in [4.78, 5) is 30.9. The van der Waals surface area contributed by atoms with Gasteiger partial charge in [0.05, 0.1) is 30.0 Å². The molecule has 2 aromatic rings. The van der Waals surface area contributed by atoms with Crippen molar-refractivity contribution in [2.45, 2.75) is 11.0 Å². The number of likely N-dealkylation sites (N-methyl/N-ethyl adjacent to an activating group) is 1. The molecule has 2 aliphatic heterocycles. The summed E-state index contributed by atoms with van der Waals surface area (Å²) in [6, 6.07) is 9.58. The van der Waals surface area contributed by atoms with Crippen LogP contribution in [0.1, 0.15) is 10.4 Å². The molecule has 32 heavy (non-hydrogen) atoms. The van der Waals surface area contributed by atoms with E-state index in [-0.39, 0.29) is 24.8 Å². The Labute approximate surface area is 196 Å². The predicted molar refractivity (Wildman–Crippen MR) is 125 cm³/mol. The highest BCUT2D eigenvalue weighted by molar-refractivity contribution is 7.80. The van der Waals surface area contributed by atoms with Gasteiger partial charge in [-0.25, -0.2) is 9.18 Å². The van der Waals surface area contributed by atoms with E-state index in [1.165, 1.54) is 17.0 Å². The Morgan fingerprint density at radius 1 is 1.22 bits per heavy atom. The lowest BCUT2D eigenvalue weighted by Crippen LogP contribution is -2.44. The zero-order chi connectivity index (χ0) is 22.8. The lowest BCUT2D eigenvalue weighted by Gasteiger charge is -2.34. The van der Waals surface area contributed by atoms with Gasteiger partial charge in [-0.05, 0) is 43.4 Å². The second kappa shape index (κ2) is 9.56. The Balaban J connectivity index is 1.38. The van der Waals surface area contributed by atoms with Gasteiger partial charge in [0.1, 0.15) is 11.9 Å². The normalized spacial score (nSPS) is 19.2. The number of hydrogen-bond acceptors (Lipinski definition) is 6. The van der Waals surface area contributed by atoms with E-state index in [0.717, 1.165) is 26.2 Å². The SMILES string of the molecule is CN1CCN(c2ccc(N3C[C@H](CNC(=O)c4cc(Cl)ccc4S)OC3=O)cc2F)CC1. The van der Waals surface area contributed by atoms with Gasteiger partial charge in [-0.1, -0.05) is 11.6 Å². The number of carbonyl (C=O) groups excluding carboxylic acids is 2. The molecular formula is C22H24ClFN4O3S. The summed E-state index contributed by atoms with van der Waals surface area (Å²) >= 11 is 10.2. The number of halogens is 2. The molecule has 7 nitrogen and oxygen atoms in total. The van der Waals surface area contributed by atoms with Crippen LogP contribution < -0.4 is 15.1 Å². The van der Waals surface area contributed by atoms with Crippen molar-refractivity contribution in [2.75, 3.05) is 56.1 Å². The number of benzene rings is 2. The van der Waals surface area contributed by atoms with Gasteiger partial charge in [0.25, 0.3) is 5.91 Å². The number of hydrogen-bond donors (Lipinski definition) is 2. The van der Waals surface area contributed by atoms with E-state index >= 15 is 0 Å². The van der Waals surface area contributed by atoms with Crippen molar-refractivity contribution >= 4 is 47.6 Å². The van der Waals surface area contributed by atoms with E-state index in [0.29, 0.717) is 26.9 Å². The molecule has 0 saturated carbocycles. The fourth-order valence-corrected chi connectivity index (χ4v) is 4.21. The van der Waals surface area contributed by atoms with Crippen LogP contribution in [0.4, 0.5) is 20.6 Å². The van der Waals surface area contributed by atoms with Crippen LogP contribution in [0.5, 0.6) is 0 Å². The number of anilines is 2. The molecule has 10 heteroatoms. The van der Waals surface area contributed by atoms with Gasteiger partial charge in [-0.3, -0.25) is 9.69 Å². The number of nitrogens with zero attached hydrogens (tertiary/aromatic N) is 3. The average molecular weight is 479 g/mol. The molecule has 170 valence electrons. The standard InChI is InChI=1S/C22H24ClFN4O3S/c1-26-6-8-27(9-7-26)19-4-3-15(11-18(19)24)28-13-16(31-22(28)30)12-25-21(29)17-10-14(23)2-5-20(17)32/h2-5,10-11,16,32H,6-9,12-13H2,1H3,(H,25,29)/t16-/m0/s1. The first-order chi connectivity index (χ1) is 15.3. The maximum absolute atomic E-state index is 14.8. The lowest BCUT2D eigenvalue weighted by atomic mass is 10.2. The van der Waals surface area contributed by atoms with Crippen molar-refractivity contribution in [2.24, 2.45) is 0 Å². The van der Waals surface area contributed by atoms with E-state index in [1.807, 2.05) is 11.9 Å². The number of amides is 2. The molecule has 0 unspecified atom stereocenters. The number of thiol groups is 1. The quantitative estimate of drug-likeness (QED) is 0.646. The molecule has 2 aliphatic rings. The Morgan fingerprint density at radius 3 is 2.69 bits per heavy atom. The maximum atomic E-state index is 14.8. The van der Waals surface area contributed by atoms with Gasteiger partial charge in [-0.15, -0.1) is 12.6 Å². The van der Waals surface area contributed by atoms with Gasteiger partial charge >= 0.3 is 6.09 Å². The van der Waals surface area contributed by atoms with Crippen LogP contribution in [0.2, 0.25) is 5.02 Å². The largest absolute Gasteiger partial charge is 0.442 e. The second-order valence-electron chi connectivity index (χ2n) is 7.91. The maximum Gasteiger partial charge on any atom is 0.414 e. The van der Waals surface area contributed by atoms with Crippen LogP contribution in [0.15, 0.2) is 41.3 Å². The summed E-state index contributed by atoms with van der Waals surface area (Å²) in [7, 11) is 2.04. The molecule has 0 aliphatic carbocycles. The van der Waals surface area contributed by atoms with Crippen molar-refractivity contribution < 1.29 is 18.7 Å². The number of rotatable bonds is 5. The molecule has 0 spiro atoms. The second-order valence-corrected chi connectivity index (χ2v) is 8.83. The molecule has 1 N–H and O–H groups in total. The van der Waals surface area contributed by atoms with Crippen molar-refractivity contribution in [3.05, 3.63) is 52.8 Å². The predicted octanol–water partition coefficient (Wildman–Crippen LogP) is 3.27. The fourth-order valence-electron chi connectivity index (χ4n) is 3.80. The van der Waals surface area contributed by atoms with Crippen molar-refractivity contribution in [3.8, 4) is 0 Å². The molecule has 2 amide bonds. The van der Waals surface area contributed by atoms with Crippen molar-refractivity contribution in [1.29, 1.82) is 0 Å². The van der Waals surface area contributed by atoms with Crippen LogP contribution in [-0.2, 0) is 4.74 Å².